The molecule has 8 nitrogen and oxygen atoms in total. The largest absolute Gasteiger partial charge is 0.507 e. The molecule has 0 aromatic heterocycles. The number of aromatic carboxylic acids is 1. The Kier molecular flexibility index (Phi) is 7.81. The lowest BCUT2D eigenvalue weighted by molar-refractivity contribution is 0.0641. The third-order valence-corrected chi connectivity index (χ3v) is 6.31. The predicted octanol–water partition coefficient (Wildman–Crippen LogP) is 4.68. The zero-order chi connectivity index (χ0) is 25.9. The van der Waals surface area contributed by atoms with Crippen molar-refractivity contribution < 1.29 is 28.2 Å². The number of nitrogens with zero attached hydrogens (tertiary/aromatic N) is 2. The second-order valence-corrected chi connectivity index (χ2v) is 9.46. The van der Waals surface area contributed by atoms with Gasteiger partial charge in [0.25, 0.3) is 5.91 Å². The molecule has 0 heterocycles. The Balaban J connectivity index is 1.95. The van der Waals surface area contributed by atoms with Crippen molar-refractivity contribution in [2.45, 2.75) is 39.8 Å². The molecule has 0 unspecified atom stereocenters. The summed E-state index contributed by atoms with van der Waals surface area (Å²) in [5.41, 5.74) is 2.15. The van der Waals surface area contributed by atoms with Gasteiger partial charge in [0.1, 0.15) is 11.3 Å². The number of hydrogen-bond donors (Lipinski definition) is 3. The van der Waals surface area contributed by atoms with E-state index in [2.05, 4.69) is 0 Å². The molecule has 0 saturated carbocycles. The Hall–Kier alpha value is -3.85. The van der Waals surface area contributed by atoms with Gasteiger partial charge in [0.2, 0.25) is 10.9 Å². The van der Waals surface area contributed by atoms with E-state index in [-0.39, 0.29) is 29.2 Å². The van der Waals surface area contributed by atoms with E-state index in [9.17, 15) is 23.1 Å². The first kappa shape index (κ1) is 25.8. The fraction of sp³-hybridized carbons (Fsp3) is 0.231. The van der Waals surface area contributed by atoms with Crippen LogP contribution < -0.4 is 4.31 Å². The molecule has 3 aromatic rings. The highest BCUT2D eigenvalue weighted by atomic mass is 32.2. The van der Waals surface area contributed by atoms with Crippen molar-refractivity contribution in [3.8, 4) is 16.9 Å². The lowest BCUT2D eigenvalue weighted by Crippen LogP contribution is -2.42. The van der Waals surface area contributed by atoms with Gasteiger partial charge in [-0.25, -0.2) is 17.5 Å². The van der Waals surface area contributed by atoms with E-state index in [1.165, 1.54) is 6.07 Å². The zero-order valence-corrected chi connectivity index (χ0v) is 20.8. The number of aromatic hydroxyl groups is 1. The Bertz CT molecular complexity index is 1300. The number of carboxylic acids is 1. The van der Waals surface area contributed by atoms with Gasteiger partial charge in [-0.15, -0.1) is 0 Å². The molecule has 0 fully saturated rings. The van der Waals surface area contributed by atoms with Gasteiger partial charge in [-0.05, 0) is 75.2 Å². The number of carbonyl (C=O) groups is 2. The summed E-state index contributed by atoms with van der Waals surface area (Å²) < 4.78 is 25.2. The minimum atomic E-state index is -3.14. The Morgan fingerprint density at radius 1 is 0.800 bits per heavy atom. The molecule has 2 N–H and O–H groups in total. The van der Waals surface area contributed by atoms with E-state index in [1.54, 1.807) is 42.5 Å². The minimum Gasteiger partial charge on any atom is -0.507 e. The fourth-order valence-corrected chi connectivity index (χ4v) is 4.63. The molecule has 9 heteroatoms. The number of hydrogen-bond acceptors (Lipinski definition) is 5. The molecule has 0 aliphatic heterocycles. The smallest absolute Gasteiger partial charge is 0.339 e. The second kappa shape index (κ2) is 10.6. The van der Waals surface area contributed by atoms with Crippen LogP contribution in [0.5, 0.6) is 5.75 Å². The number of thiol groups is 1. The minimum absolute atomic E-state index is 0.0583. The van der Waals surface area contributed by atoms with Crippen LogP contribution in [-0.4, -0.2) is 47.5 Å². The average molecular weight is 497 g/mol. The van der Waals surface area contributed by atoms with Gasteiger partial charge in [-0.2, -0.15) is 0 Å². The summed E-state index contributed by atoms with van der Waals surface area (Å²) >= 11 is 0. The second-order valence-electron chi connectivity index (χ2n) is 8.58. The summed E-state index contributed by atoms with van der Waals surface area (Å²) in [6.07, 6.45) is 0. The van der Waals surface area contributed by atoms with Crippen molar-refractivity contribution in [2.24, 2.45) is 0 Å². The summed E-state index contributed by atoms with van der Waals surface area (Å²) in [5.74, 6) is -1.92. The van der Waals surface area contributed by atoms with Crippen LogP contribution in [0, 0.1) is 0 Å². The Morgan fingerprint density at radius 2 is 1.40 bits per heavy atom. The third kappa shape index (κ3) is 5.63. The van der Waals surface area contributed by atoms with Crippen LogP contribution in [0.15, 0.2) is 66.7 Å². The number of carbonyl (C=O) groups excluding carboxylic acids is 1. The van der Waals surface area contributed by atoms with Gasteiger partial charge < -0.3 is 15.1 Å². The molecular formula is C26H28N2O6S. The monoisotopic (exact) mass is 496 g/mol. The first-order chi connectivity index (χ1) is 16.5. The van der Waals surface area contributed by atoms with E-state index in [4.69, 9.17) is 5.11 Å². The average Bonchev–Trinajstić information content (AvgIpc) is 2.78. The van der Waals surface area contributed by atoms with Crippen molar-refractivity contribution >= 4 is 34.1 Å². The molecule has 0 bridgehead atoms. The maximum atomic E-state index is 12.9. The Labute approximate surface area is 206 Å². The van der Waals surface area contributed by atoms with Crippen molar-refractivity contribution in [3.05, 3.63) is 77.9 Å². The van der Waals surface area contributed by atoms with E-state index >= 15 is 0 Å². The normalized spacial score (nSPS) is 11.2. The van der Waals surface area contributed by atoms with E-state index in [1.807, 2.05) is 38.7 Å². The highest BCUT2D eigenvalue weighted by Gasteiger charge is 2.22. The van der Waals surface area contributed by atoms with Crippen molar-refractivity contribution in [1.82, 2.24) is 4.90 Å². The molecule has 0 spiro atoms. The van der Waals surface area contributed by atoms with Gasteiger partial charge in [0.15, 0.2) is 0 Å². The van der Waals surface area contributed by atoms with Crippen LogP contribution >= 0.6 is 0 Å². The Morgan fingerprint density at radius 3 is 1.91 bits per heavy atom. The van der Waals surface area contributed by atoms with Crippen LogP contribution in [0.4, 0.5) is 11.4 Å². The van der Waals surface area contributed by atoms with Crippen molar-refractivity contribution in [1.29, 1.82) is 0 Å². The highest BCUT2D eigenvalue weighted by molar-refractivity contribution is 7.74. The zero-order valence-electron chi connectivity index (χ0n) is 19.9. The maximum Gasteiger partial charge on any atom is 0.339 e. The number of anilines is 2. The van der Waals surface area contributed by atoms with Gasteiger partial charge in [-0.1, -0.05) is 24.3 Å². The number of benzene rings is 3. The van der Waals surface area contributed by atoms with Crippen molar-refractivity contribution in [3.63, 3.8) is 0 Å². The first-order valence-electron chi connectivity index (χ1n) is 11.0. The number of amides is 1. The quantitative estimate of drug-likeness (QED) is 0.390. The van der Waals surface area contributed by atoms with Crippen LogP contribution in [0.2, 0.25) is 0 Å². The van der Waals surface area contributed by atoms with E-state index < -0.39 is 22.6 Å². The summed E-state index contributed by atoms with van der Waals surface area (Å²) in [6, 6.07) is 17.6. The molecule has 0 saturated heterocycles. The molecule has 1 amide bonds. The molecule has 3 rings (SSSR count). The van der Waals surface area contributed by atoms with E-state index in [0.29, 0.717) is 11.3 Å². The first-order valence-corrected chi connectivity index (χ1v) is 12.2. The fourth-order valence-electron chi connectivity index (χ4n) is 4.01. The van der Waals surface area contributed by atoms with Crippen LogP contribution in [0.1, 0.15) is 48.4 Å². The number of carboxylic acid groups (broad SMARTS) is 1. The lowest BCUT2D eigenvalue weighted by atomic mass is 10.0. The lowest BCUT2D eigenvalue weighted by Gasteiger charge is -2.30. The third-order valence-electron chi connectivity index (χ3n) is 5.52. The highest BCUT2D eigenvalue weighted by Crippen LogP contribution is 2.33. The predicted molar refractivity (Wildman–Crippen MR) is 136 cm³/mol. The summed E-state index contributed by atoms with van der Waals surface area (Å²) in [6.45, 7) is 7.89. The summed E-state index contributed by atoms with van der Waals surface area (Å²) in [7, 11) is -3.14. The van der Waals surface area contributed by atoms with Crippen LogP contribution in [-0.2, 0) is 10.9 Å². The van der Waals surface area contributed by atoms with Gasteiger partial charge in [0.05, 0.1) is 11.4 Å². The molecule has 0 atom stereocenters. The van der Waals surface area contributed by atoms with Crippen molar-refractivity contribution in [2.75, 3.05) is 4.31 Å². The molecule has 35 heavy (non-hydrogen) atoms. The van der Waals surface area contributed by atoms with Crippen LogP contribution in [0.3, 0.4) is 0 Å². The van der Waals surface area contributed by atoms with Gasteiger partial charge in [0, 0.05) is 23.7 Å². The summed E-state index contributed by atoms with van der Waals surface area (Å²) in [5, 5.41) is 19.1. The summed E-state index contributed by atoms with van der Waals surface area (Å²) in [4.78, 5) is 25.9. The number of phenols is 1. The van der Waals surface area contributed by atoms with Gasteiger partial charge in [-0.3, -0.25) is 4.79 Å². The molecule has 3 aromatic carbocycles. The molecule has 0 radical (unpaired) electrons. The molecule has 0 aliphatic carbocycles. The molecular weight excluding hydrogens is 468 g/mol. The SMILES string of the molecule is CC(C)N(C(=O)c1ccc(-c2cccc(N(c3ccc(C(=O)O)c(O)c3)[SH](=O)=O)c2)cc1)C(C)C. The standard InChI is InChI=1S/C26H28N2O6S/c1-16(2)27(17(3)4)25(30)19-10-8-18(9-11-19)20-6-5-7-21(14-20)28(35(33)34)22-12-13-23(26(31)32)24(29)15-22/h5-17,29,35H,1-4H3,(H,31,32). The van der Waals surface area contributed by atoms with Gasteiger partial charge >= 0.3 is 5.97 Å². The van der Waals surface area contributed by atoms with Crippen LogP contribution in [0.25, 0.3) is 11.1 Å². The topological polar surface area (TPSA) is 115 Å². The van der Waals surface area contributed by atoms with E-state index in [0.717, 1.165) is 27.6 Å². The number of rotatable bonds is 8. The maximum absolute atomic E-state index is 12.9. The molecule has 184 valence electrons. The molecule has 0 aliphatic rings.